The van der Waals surface area contributed by atoms with Crippen LogP contribution in [-0.4, -0.2) is 40.9 Å². The number of nitrogens with zero attached hydrogens (tertiary/aromatic N) is 5. The molecule has 2 aromatic rings. The Morgan fingerprint density at radius 2 is 1.86 bits per heavy atom. The van der Waals surface area contributed by atoms with Crippen LogP contribution in [-0.2, 0) is 7.05 Å². The summed E-state index contributed by atoms with van der Waals surface area (Å²) in [6.07, 6.45) is 1.60. The summed E-state index contributed by atoms with van der Waals surface area (Å²) in [5.74, 6) is 0.131. The van der Waals surface area contributed by atoms with Crippen molar-refractivity contribution in [3.63, 3.8) is 0 Å². The zero-order valence-corrected chi connectivity index (χ0v) is 12.8. The molecule has 3 heterocycles. The summed E-state index contributed by atoms with van der Waals surface area (Å²) >= 11 is 6.12. The van der Waals surface area contributed by atoms with Gasteiger partial charge in [-0.25, -0.2) is 9.67 Å². The SMILES string of the molecule is Cn1ncc(N2CCN(c3cccc(F)n3)CC2)c(Cl)c1=O. The van der Waals surface area contributed by atoms with Crippen LogP contribution in [0.15, 0.2) is 29.2 Å². The molecule has 2 aromatic heterocycles. The maximum absolute atomic E-state index is 13.2. The highest BCUT2D eigenvalue weighted by atomic mass is 35.5. The van der Waals surface area contributed by atoms with Gasteiger partial charge in [-0.1, -0.05) is 17.7 Å². The average Bonchev–Trinajstić information content (AvgIpc) is 2.53. The minimum atomic E-state index is -0.487. The Kier molecular flexibility index (Phi) is 3.98. The van der Waals surface area contributed by atoms with Crippen molar-refractivity contribution >= 4 is 23.1 Å². The van der Waals surface area contributed by atoms with Crippen LogP contribution in [0.5, 0.6) is 0 Å². The number of rotatable bonds is 2. The first-order chi connectivity index (χ1) is 10.6. The summed E-state index contributed by atoms with van der Waals surface area (Å²) in [6, 6.07) is 4.75. The molecule has 22 heavy (non-hydrogen) atoms. The van der Waals surface area contributed by atoms with Gasteiger partial charge in [-0.15, -0.1) is 0 Å². The molecule has 0 amide bonds. The predicted octanol–water partition coefficient (Wildman–Crippen LogP) is 1.29. The standard InChI is InChI=1S/C14H15ClFN5O/c1-19-14(22)13(15)10(9-17-19)20-5-7-21(8-6-20)12-4-2-3-11(16)18-12/h2-4,9H,5-8H2,1H3. The third kappa shape index (κ3) is 2.76. The summed E-state index contributed by atoms with van der Waals surface area (Å²) in [6.45, 7) is 2.66. The first kappa shape index (κ1) is 14.8. The monoisotopic (exact) mass is 323 g/mol. The first-order valence-electron chi connectivity index (χ1n) is 6.90. The van der Waals surface area contributed by atoms with Crippen molar-refractivity contribution in [2.45, 2.75) is 0 Å². The van der Waals surface area contributed by atoms with E-state index in [9.17, 15) is 9.18 Å². The molecular formula is C14H15ClFN5O. The highest BCUT2D eigenvalue weighted by molar-refractivity contribution is 6.33. The van der Waals surface area contributed by atoms with E-state index in [1.165, 1.54) is 10.7 Å². The van der Waals surface area contributed by atoms with Gasteiger partial charge in [0, 0.05) is 33.2 Å². The van der Waals surface area contributed by atoms with Gasteiger partial charge >= 0.3 is 0 Å². The van der Waals surface area contributed by atoms with Crippen molar-refractivity contribution in [3.05, 3.63) is 45.7 Å². The van der Waals surface area contributed by atoms with Crippen LogP contribution in [0.3, 0.4) is 0 Å². The van der Waals surface area contributed by atoms with Crippen LogP contribution in [0.2, 0.25) is 5.02 Å². The zero-order chi connectivity index (χ0) is 15.7. The lowest BCUT2D eigenvalue weighted by atomic mass is 10.2. The predicted molar refractivity (Wildman–Crippen MR) is 83.1 cm³/mol. The van der Waals surface area contributed by atoms with E-state index in [0.717, 1.165) is 0 Å². The largest absolute Gasteiger partial charge is 0.365 e. The van der Waals surface area contributed by atoms with E-state index in [1.54, 1.807) is 25.4 Å². The van der Waals surface area contributed by atoms with Crippen molar-refractivity contribution < 1.29 is 4.39 Å². The molecule has 0 N–H and O–H groups in total. The molecular weight excluding hydrogens is 309 g/mol. The van der Waals surface area contributed by atoms with Gasteiger partial charge in [0.1, 0.15) is 10.8 Å². The summed E-state index contributed by atoms with van der Waals surface area (Å²) in [5, 5.41) is 4.18. The number of hydrogen-bond acceptors (Lipinski definition) is 5. The van der Waals surface area contributed by atoms with Gasteiger partial charge < -0.3 is 9.80 Å². The topological polar surface area (TPSA) is 54.3 Å². The fourth-order valence-electron chi connectivity index (χ4n) is 2.47. The Bertz CT molecular complexity index is 742. The smallest absolute Gasteiger partial charge is 0.287 e. The number of halogens is 2. The van der Waals surface area contributed by atoms with E-state index in [0.29, 0.717) is 37.7 Å². The molecule has 0 saturated carbocycles. The number of aromatic nitrogens is 3. The van der Waals surface area contributed by atoms with Crippen LogP contribution in [0.4, 0.5) is 15.9 Å². The highest BCUT2D eigenvalue weighted by Gasteiger charge is 2.21. The highest BCUT2D eigenvalue weighted by Crippen LogP contribution is 2.23. The Labute approximate surface area is 131 Å². The molecule has 0 radical (unpaired) electrons. The maximum Gasteiger partial charge on any atom is 0.287 e. The molecule has 0 unspecified atom stereocenters. The zero-order valence-electron chi connectivity index (χ0n) is 12.0. The van der Waals surface area contributed by atoms with E-state index in [2.05, 4.69) is 10.1 Å². The molecule has 0 atom stereocenters. The van der Waals surface area contributed by atoms with E-state index in [-0.39, 0.29) is 10.6 Å². The van der Waals surface area contributed by atoms with E-state index in [1.807, 2.05) is 9.80 Å². The molecule has 1 saturated heterocycles. The third-order valence-corrected chi connectivity index (χ3v) is 4.06. The molecule has 0 spiro atoms. The van der Waals surface area contributed by atoms with Gasteiger partial charge in [0.05, 0.1) is 11.9 Å². The van der Waals surface area contributed by atoms with Gasteiger partial charge in [-0.05, 0) is 12.1 Å². The second-order valence-electron chi connectivity index (χ2n) is 5.07. The first-order valence-corrected chi connectivity index (χ1v) is 7.28. The Morgan fingerprint density at radius 3 is 2.55 bits per heavy atom. The number of pyridine rings is 1. The van der Waals surface area contributed by atoms with Crippen LogP contribution in [0.1, 0.15) is 0 Å². The molecule has 8 heteroatoms. The fourth-order valence-corrected chi connectivity index (χ4v) is 2.76. The molecule has 6 nitrogen and oxygen atoms in total. The van der Waals surface area contributed by atoms with Crippen molar-refractivity contribution in [2.24, 2.45) is 7.05 Å². The lowest BCUT2D eigenvalue weighted by molar-refractivity contribution is 0.574. The molecule has 1 aliphatic heterocycles. The van der Waals surface area contributed by atoms with Crippen LogP contribution in [0.25, 0.3) is 0 Å². The number of aryl methyl sites for hydroxylation is 1. The van der Waals surface area contributed by atoms with Gasteiger partial charge in [-0.3, -0.25) is 4.79 Å². The van der Waals surface area contributed by atoms with Crippen molar-refractivity contribution in [1.82, 2.24) is 14.8 Å². The Morgan fingerprint density at radius 1 is 1.18 bits per heavy atom. The number of anilines is 2. The van der Waals surface area contributed by atoms with E-state index < -0.39 is 5.95 Å². The second kappa shape index (κ2) is 5.92. The molecule has 3 rings (SSSR count). The van der Waals surface area contributed by atoms with Gasteiger partial charge in [0.15, 0.2) is 0 Å². The average molecular weight is 324 g/mol. The summed E-state index contributed by atoms with van der Waals surface area (Å²) < 4.78 is 14.4. The number of hydrogen-bond donors (Lipinski definition) is 0. The summed E-state index contributed by atoms with van der Waals surface area (Å²) in [4.78, 5) is 19.7. The molecule has 116 valence electrons. The van der Waals surface area contributed by atoms with Gasteiger partial charge in [-0.2, -0.15) is 9.49 Å². The molecule has 0 bridgehead atoms. The van der Waals surface area contributed by atoms with Gasteiger partial charge in [0.2, 0.25) is 5.95 Å². The lowest BCUT2D eigenvalue weighted by Gasteiger charge is -2.36. The van der Waals surface area contributed by atoms with Crippen molar-refractivity contribution in [3.8, 4) is 0 Å². The van der Waals surface area contributed by atoms with Crippen LogP contribution >= 0.6 is 11.6 Å². The van der Waals surface area contributed by atoms with Crippen LogP contribution < -0.4 is 15.4 Å². The maximum atomic E-state index is 13.2. The van der Waals surface area contributed by atoms with Crippen LogP contribution in [0, 0.1) is 5.95 Å². The fraction of sp³-hybridized carbons (Fsp3) is 0.357. The summed E-state index contributed by atoms with van der Waals surface area (Å²) in [7, 11) is 1.56. The second-order valence-corrected chi connectivity index (χ2v) is 5.44. The van der Waals surface area contributed by atoms with Crippen molar-refractivity contribution in [2.75, 3.05) is 36.0 Å². The van der Waals surface area contributed by atoms with Crippen molar-refractivity contribution in [1.29, 1.82) is 0 Å². The molecule has 0 aliphatic carbocycles. The Hall–Kier alpha value is -2.15. The summed E-state index contributed by atoms with van der Waals surface area (Å²) in [5.41, 5.74) is 0.324. The molecule has 1 fully saturated rings. The minimum absolute atomic E-state index is 0.176. The quantitative estimate of drug-likeness (QED) is 0.780. The van der Waals surface area contributed by atoms with E-state index in [4.69, 9.17) is 11.6 Å². The Balaban J connectivity index is 1.75. The molecule has 0 aromatic carbocycles. The van der Waals surface area contributed by atoms with Gasteiger partial charge in [0.25, 0.3) is 5.56 Å². The van der Waals surface area contributed by atoms with E-state index >= 15 is 0 Å². The lowest BCUT2D eigenvalue weighted by Crippen LogP contribution is -2.47. The normalized spacial score (nSPS) is 15.2. The number of piperazine rings is 1. The minimum Gasteiger partial charge on any atom is -0.365 e. The third-order valence-electron chi connectivity index (χ3n) is 3.70. The molecule has 1 aliphatic rings.